The highest BCUT2D eigenvalue weighted by molar-refractivity contribution is 5.79. The molecule has 4 nitrogen and oxygen atoms in total. The van der Waals surface area contributed by atoms with Crippen molar-refractivity contribution in [3.63, 3.8) is 0 Å². The molecule has 2 aromatic carbocycles. The van der Waals surface area contributed by atoms with E-state index in [4.69, 9.17) is 4.74 Å². The molecule has 154 valence electrons. The number of pyridine rings is 1. The zero-order valence-corrected chi connectivity index (χ0v) is 19.1. The number of hydrogen-bond acceptors (Lipinski definition) is 2. The predicted octanol–water partition coefficient (Wildman–Crippen LogP) is 1.33. The van der Waals surface area contributed by atoms with E-state index in [1.165, 1.54) is 31.5 Å². The first-order chi connectivity index (χ1) is 13.6. The fraction of sp³-hybridized carbons (Fsp3) is 0.375. The summed E-state index contributed by atoms with van der Waals surface area (Å²) in [7, 11) is 2.38. The van der Waals surface area contributed by atoms with Gasteiger partial charge in [0, 0.05) is 31.4 Å². The van der Waals surface area contributed by atoms with Gasteiger partial charge in [0.1, 0.15) is 5.75 Å². The molecule has 1 saturated heterocycles. The third kappa shape index (κ3) is 5.60. The zero-order chi connectivity index (χ0) is 19.4. The van der Waals surface area contributed by atoms with Crippen LogP contribution in [-0.4, -0.2) is 42.8 Å². The second-order valence-electron chi connectivity index (χ2n) is 8.25. The van der Waals surface area contributed by atoms with Gasteiger partial charge in [-0.2, -0.15) is 0 Å². The Kier molecular flexibility index (Phi) is 7.35. The number of piperidine rings is 1. The largest absolute Gasteiger partial charge is 1.00 e. The Morgan fingerprint density at radius 3 is 2.52 bits per heavy atom. The summed E-state index contributed by atoms with van der Waals surface area (Å²) in [4.78, 5) is 14.3. The first kappa shape index (κ1) is 21.8. The Labute approximate surface area is 189 Å². The van der Waals surface area contributed by atoms with Gasteiger partial charge in [-0.1, -0.05) is 30.3 Å². The number of benzene rings is 2. The summed E-state index contributed by atoms with van der Waals surface area (Å²) in [6, 6.07) is 20.2. The van der Waals surface area contributed by atoms with Gasteiger partial charge in [0.25, 0.3) is 0 Å². The van der Waals surface area contributed by atoms with Crippen LogP contribution >= 0.6 is 0 Å². The van der Waals surface area contributed by atoms with E-state index in [2.05, 4.69) is 42.4 Å². The molecule has 0 bridgehead atoms. The highest BCUT2D eigenvalue weighted by Crippen LogP contribution is 2.30. The molecule has 1 aliphatic heterocycles. The lowest BCUT2D eigenvalue weighted by Crippen LogP contribution is -3.00. The summed E-state index contributed by atoms with van der Waals surface area (Å²) in [6.07, 6.45) is 3.56. The van der Waals surface area contributed by atoms with Crippen LogP contribution in [0.25, 0.3) is 10.9 Å². The number of nitrogens with one attached hydrogen (secondary N) is 1. The van der Waals surface area contributed by atoms with Gasteiger partial charge in [-0.3, -0.25) is 4.79 Å². The highest BCUT2D eigenvalue weighted by Gasteiger charge is 2.30. The van der Waals surface area contributed by atoms with Gasteiger partial charge < -0.3 is 38.2 Å². The third-order valence-corrected chi connectivity index (χ3v) is 6.11. The Bertz CT molecular complexity index is 979. The quantitative estimate of drug-likeness (QED) is 0.313. The van der Waals surface area contributed by atoms with Crippen LogP contribution in [0, 0.1) is 0 Å². The number of H-pyrrole nitrogens is 1. The number of halogens is 1. The monoisotopic (exact) mass is 504 g/mol. The van der Waals surface area contributed by atoms with Crippen LogP contribution in [-0.2, 0) is 0 Å². The molecule has 0 spiro atoms. The second-order valence-corrected chi connectivity index (χ2v) is 8.25. The lowest BCUT2D eigenvalue weighted by Gasteiger charge is -2.40. The van der Waals surface area contributed by atoms with E-state index in [9.17, 15) is 4.79 Å². The normalized spacial score (nSPS) is 21.5. The maximum atomic E-state index is 11.5. The van der Waals surface area contributed by atoms with Gasteiger partial charge in [0.05, 0.1) is 38.8 Å². The summed E-state index contributed by atoms with van der Waals surface area (Å²) >= 11 is 0. The molecule has 0 atom stereocenters. The van der Waals surface area contributed by atoms with Crippen molar-refractivity contribution < 1.29 is 33.2 Å². The summed E-state index contributed by atoms with van der Waals surface area (Å²) in [5.74, 6) is 1.53. The summed E-state index contributed by atoms with van der Waals surface area (Å²) in [6.45, 7) is 4.32. The maximum absolute atomic E-state index is 11.5. The molecule has 1 N–H and O–H groups in total. The van der Waals surface area contributed by atoms with Gasteiger partial charge in [0.15, 0.2) is 0 Å². The molecule has 0 amide bonds. The molecule has 0 unspecified atom stereocenters. The van der Waals surface area contributed by atoms with Gasteiger partial charge in [-0.25, -0.2) is 0 Å². The fourth-order valence-electron chi connectivity index (χ4n) is 4.33. The van der Waals surface area contributed by atoms with Crippen LogP contribution in [0.2, 0.25) is 0 Å². The number of quaternary nitrogens is 1. The van der Waals surface area contributed by atoms with E-state index in [1.54, 1.807) is 6.07 Å². The number of likely N-dealkylation sites (tertiary alicyclic amines) is 1. The van der Waals surface area contributed by atoms with E-state index in [0.717, 1.165) is 34.1 Å². The second kappa shape index (κ2) is 9.76. The fourth-order valence-corrected chi connectivity index (χ4v) is 4.33. The van der Waals surface area contributed by atoms with Crippen LogP contribution in [0.4, 0.5) is 0 Å². The van der Waals surface area contributed by atoms with Crippen LogP contribution in [0.5, 0.6) is 5.75 Å². The van der Waals surface area contributed by atoms with Crippen LogP contribution in [0.1, 0.15) is 30.7 Å². The number of aromatic amines is 1. The molecule has 2 heterocycles. The molecule has 0 saturated carbocycles. The van der Waals surface area contributed by atoms with Gasteiger partial charge >= 0.3 is 0 Å². The first-order valence-corrected chi connectivity index (χ1v) is 10.3. The molecule has 1 aliphatic rings. The molecular formula is C24H29IN2O2. The average molecular weight is 504 g/mol. The lowest BCUT2D eigenvalue weighted by molar-refractivity contribution is -0.914. The van der Waals surface area contributed by atoms with Crippen molar-refractivity contribution in [3.05, 3.63) is 76.6 Å². The van der Waals surface area contributed by atoms with Crippen molar-refractivity contribution in [2.45, 2.75) is 25.2 Å². The van der Waals surface area contributed by atoms with E-state index in [1.807, 2.05) is 24.3 Å². The first-order valence-electron chi connectivity index (χ1n) is 10.3. The molecule has 1 aromatic heterocycles. The Morgan fingerprint density at radius 1 is 1.03 bits per heavy atom. The minimum Gasteiger partial charge on any atom is -1.00 e. The lowest BCUT2D eigenvalue weighted by atomic mass is 9.88. The van der Waals surface area contributed by atoms with Gasteiger partial charge in [-0.05, 0) is 35.1 Å². The van der Waals surface area contributed by atoms with Crippen molar-refractivity contribution in [3.8, 4) is 5.75 Å². The number of hydrogen-bond donors (Lipinski definition) is 1. The van der Waals surface area contributed by atoms with Crippen LogP contribution in [0.15, 0.2) is 65.5 Å². The smallest absolute Gasteiger partial charge is 0.248 e. The highest BCUT2D eigenvalue weighted by atomic mass is 127. The van der Waals surface area contributed by atoms with E-state index < -0.39 is 0 Å². The van der Waals surface area contributed by atoms with Crippen molar-refractivity contribution in [2.75, 3.05) is 33.3 Å². The number of fused-ring (bicyclic) bond motifs is 1. The van der Waals surface area contributed by atoms with Crippen molar-refractivity contribution in [1.29, 1.82) is 0 Å². The van der Waals surface area contributed by atoms with Crippen molar-refractivity contribution >= 4 is 10.9 Å². The molecule has 0 aliphatic carbocycles. The van der Waals surface area contributed by atoms with E-state index in [-0.39, 0.29) is 29.5 Å². The standard InChI is InChI=1S/C24H28N2O2.HI/c1-26(15-12-20(13-16-26)19-6-3-2-4-7-19)14-5-17-28-22-10-8-21-9-11-24(27)25-23(21)18-22;/h2-4,6-11,18,20H,5,12-17H2,1H3;1H. The number of nitrogens with zero attached hydrogens (tertiary/aromatic N) is 1. The Hall–Kier alpha value is -1.86. The molecule has 4 rings (SSSR count). The number of aromatic nitrogens is 1. The van der Waals surface area contributed by atoms with Crippen molar-refractivity contribution in [2.24, 2.45) is 0 Å². The molecule has 5 heteroatoms. The molecule has 0 radical (unpaired) electrons. The van der Waals surface area contributed by atoms with Gasteiger partial charge in [-0.15, -0.1) is 0 Å². The van der Waals surface area contributed by atoms with Crippen LogP contribution in [0.3, 0.4) is 0 Å². The number of rotatable bonds is 6. The minimum atomic E-state index is -0.0824. The van der Waals surface area contributed by atoms with E-state index >= 15 is 0 Å². The predicted molar refractivity (Wildman–Crippen MR) is 114 cm³/mol. The van der Waals surface area contributed by atoms with Crippen molar-refractivity contribution in [1.82, 2.24) is 4.98 Å². The molecular weight excluding hydrogens is 475 g/mol. The summed E-state index contributed by atoms with van der Waals surface area (Å²) in [5.41, 5.74) is 2.24. The maximum Gasteiger partial charge on any atom is 0.248 e. The van der Waals surface area contributed by atoms with Gasteiger partial charge in [0.2, 0.25) is 5.56 Å². The molecule has 3 aromatic rings. The third-order valence-electron chi connectivity index (χ3n) is 6.11. The average Bonchev–Trinajstić information content (AvgIpc) is 2.72. The summed E-state index contributed by atoms with van der Waals surface area (Å²) in [5, 5.41) is 1.02. The van der Waals surface area contributed by atoms with Crippen LogP contribution < -0.4 is 34.3 Å². The molecule has 1 fully saturated rings. The minimum absolute atomic E-state index is 0. The van der Waals surface area contributed by atoms with E-state index in [0.29, 0.717) is 12.5 Å². The Balaban J connectivity index is 0.00000240. The summed E-state index contributed by atoms with van der Waals surface area (Å²) < 4.78 is 7.09. The number of ether oxygens (including phenoxy) is 1. The molecule has 29 heavy (non-hydrogen) atoms. The SMILES string of the molecule is C[N+]1(CCCOc2ccc3ccc(=O)[nH]c3c2)CCC(c2ccccc2)CC1.[I-]. The topological polar surface area (TPSA) is 42.1 Å². The zero-order valence-electron chi connectivity index (χ0n) is 16.9. The Morgan fingerprint density at radius 2 is 1.76 bits per heavy atom.